The number of nitrogens with one attached hydrogen (secondary N) is 1. The number of hydrogen-bond acceptors (Lipinski definition) is 4. The normalized spacial score (nSPS) is 14.1. The number of carbonyl (C=O) groups excluding carboxylic acids is 2. The highest BCUT2D eigenvalue weighted by Crippen LogP contribution is 2.25. The smallest absolute Gasteiger partial charge is 0.255 e. The third-order valence-corrected chi connectivity index (χ3v) is 4.58. The Bertz CT molecular complexity index is 846. The van der Waals surface area contributed by atoms with Crippen molar-refractivity contribution in [2.75, 3.05) is 31.6 Å². The van der Waals surface area contributed by atoms with E-state index in [9.17, 15) is 9.59 Å². The van der Waals surface area contributed by atoms with Gasteiger partial charge in [0.2, 0.25) is 0 Å². The van der Waals surface area contributed by atoms with Gasteiger partial charge in [0.1, 0.15) is 5.75 Å². The molecule has 0 radical (unpaired) electrons. The Hall–Kier alpha value is -2.57. The number of halogens is 1. The lowest BCUT2D eigenvalue weighted by atomic mass is 10.1. The van der Waals surface area contributed by atoms with E-state index in [1.54, 1.807) is 47.4 Å². The van der Waals surface area contributed by atoms with Gasteiger partial charge in [0.15, 0.2) is 0 Å². The number of benzene rings is 2. The molecule has 1 saturated heterocycles. The first-order chi connectivity index (χ1) is 13.4. The lowest BCUT2D eigenvalue weighted by Gasteiger charge is -2.27. The van der Waals surface area contributed by atoms with E-state index in [1.807, 2.05) is 13.8 Å². The summed E-state index contributed by atoms with van der Waals surface area (Å²) in [5.41, 5.74) is 1.34. The van der Waals surface area contributed by atoms with Crippen LogP contribution in [0.5, 0.6) is 5.75 Å². The van der Waals surface area contributed by atoms with Crippen LogP contribution in [-0.4, -0.2) is 49.1 Å². The lowest BCUT2D eigenvalue weighted by Crippen LogP contribution is -2.40. The highest BCUT2D eigenvalue weighted by atomic mass is 35.5. The minimum Gasteiger partial charge on any atom is -0.491 e. The van der Waals surface area contributed by atoms with Crippen LogP contribution in [0, 0.1) is 0 Å². The molecule has 2 aromatic rings. The molecule has 28 heavy (non-hydrogen) atoms. The summed E-state index contributed by atoms with van der Waals surface area (Å²) < 4.78 is 10.9. The van der Waals surface area contributed by atoms with Gasteiger partial charge in [-0.25, -0.2) is 0 Å². The van der Waals surface area contributed by atoms with Crippen LogP contribution in [0.25, 0.3) is 0 Å². The van der Waals surface area contributed by atoms with Gasteiger partial charge in [-0.15, -0.1) is 0 Å². The molecule has 0 unspecified atom stereocenters. The molecule has 1 aliphatic heterocycles. The van der Waals surface area contributed by atoms with Crippen molar-refractivity contribution in [2.24, 2.45) is 0 Å². The molecular weight excluding hydrogens is 380 g/mol. The number of nitrogens with zero attached hydrogens (tertiary/aromatic N) is 1. The summed E-state index contributed by atoms with van der Waals surface area (Å²) in [5.74, 6) is 0.280. The molecule has 3 rings (SSSR count). The first kappa shape index (κ1) is 20.2. The Balaban J connectivity index is 1.72. The minimum atomic E-state index is -0.311. The molecule has 1 aliphatic rings. The van der Waals surface area contributed by atoms with Crippen LogP contribution in [0.2, 0.25) is 5.02 Å². The molecule has 0 aromatic heterocycles. The van der Waals surface area contributed by atoms with Crippen molar-refractivity contribution in [2.45, 2.75) is 20.0 Å². The summed E-state index contributed by atoms with van der Waals surface area (Å²) in [6, 6.07) is 11.7. The van der Waals surface area contributed by atoms with Gasteiger partial charge in [-0.2, -0.15) is 0 Å². The van der Waals surface area contributed by atoms with Gasteiger partial charge < -0.3 is 19.7 Å². The van der Waals surface area contributed by atoms with Gasteiger partial charge in [0, 0.05) is 24.2 Å². The Morgan fingerprint density at radius 2 is 1.71 bits per heavy atom. The van der Waals surface area contributed by atoms with Crippen LogP contribution in [0.1, 0.15) is 34.6 Å². The van der Waals surface area contributed by atoms with E-state index < -0.39 is 0 Å². The molecule has 0 spiro atoms. The molecule has 2 amide bonds. The maximum atomic E-state index is 12.6. The Labute approximate surface area is 169 Å². The number of rotatable bonds is 5. The topological polar surface area (TPSA) is 67.9 Å². The number of ether oxygens (including phenoxy) is 2. The van der Waals surface area contributed by atoms with E-state index >= 15 is 0 Å². The standard InChI is InChI=1S/C21H23ClN2O4/c1-14(2)28-17-6-3-15(4-7-17)20(25)23-19-13-16(5-8-18(19)22)21(26)24-9-11-27-12-10-24/h3-8,13-14H,9-12H2,1-2H3,(H,23,25). The lowest BCUT2D eigenvalue weighted by molar-refractivity contribution is 0.0303. The van der Waals surface area contributed by atoms with Crippen molar-refractivity contribution < 1.29 is 19.1 Å². The fourth-order valence-electron chi connectivity index (χ4n) is 2.85. The summed E-state index contributed by atoms with van der Waals surface area (Å²) in [5, 5.41) is 3.15. The van der Waals surface area contributed by atoms with Crippen LogP contribution in [0.3, 0.4) is 0 Å². The Morgan fingerprint density at radius 3 is 2.36 bits per heavy atom. The van der Waals surface area contributed by atoms with Gasteiger partial charge in [0.25, 0.3) is 11.8 Å². The van der Waals surface area contributed by atoms with Crippen LogP contribution in [0.4, 0.5) is 5.69 Å². The molecule has 2 aromatic carbocycles. The molecule has 0 saturated carbocycles. The zero-order valence-electron chi connectivity index (χ0n) is 15.9. The van der Waals surface area contributed by atoms with Crippen molar-refractivity contribution in [1.29, 1.82) is 0 Å². The van der Waals surface area contributed by atoms with Crippen molar-refractivity contribution in [1.82, 2.24) is 4.90 Å². The molecule has 1 N–H and O–H groups in total. The second-order valence-corrected chi connectivity index (χ2v) is 7.15. The first-order valence-corrected chi connectivity index (χ1v) is 9.56. The van der Waals surface area contributed by atoms with Gasteiger partial charge >= 0.3 is 0 Å². The second kappa shape index (κ2) is 9.08. The summed E-state index contributed by atoms with van der Waals surface area (Å²) in [6.45, 7) is 6.03. The van der Waals surface area contributed by atoms with Crippen molar-refractivity contribution >= 4 is 29.1 Å². The number of morpholine rings is 1. The summed E-state index contributed by atoms with van der Waals surface area (Å²) in [4.78, 5) is 26.9. The average molecular weight is 403 g/mol. The predicted molar refractivity (Wildman–Crippen MR) is 108 cm³/mol. The number of hydrogen-bond donors (Lipinski definition) is 1. The summed E-state index contributed by atoms with van der Waals surface area (Å²) >= 11 is 6.22. The minimum absolute atomic E-state index is 0.0604. The Morgan fingerprint density at radius 1 is 1.07 bits per heavy atom. The van der Waals surface area contributed by atoms with Gasteiger partial charge in [0.05, 0.1) is 30.0 Å². The molecule has 0 atom stereocenters. The summed E-state index contributed by atoms with van der Waals surface area (Å²) in [6.07, 6.45) is 0.0604. The molecule has 1 fully saturated rings. The van der Waals surface area contributed by atoms with Crippen molar-refractivity contribution in [3.63, 3.8) is 0 Å². The zero-order valence-corrected chi connectivity index (χ0v) is 16.7. The molecule has 7 heteroatoms. The fourth-order valence-corrected chi connectivity index (χ4v) is 3.02. The SMILES string of the molecule is CC(C)Oc1ccc(C(=O)Nc2cc(C(=O)N3CCOCC3)ccc2Cl)cc1. The quantitative estimate of drug-likeness (QED) is 0.824. The third kappa shape index (κ3) is 5.03. The van der Waals surface area contributed by atoms with E-state index in [4.69, 9.17) is 21.1 Å². The molecule has 1 heterocycles. The monoisotopic (exact) mass is 402 g/mol. The molecule has 148 valence electrons. The molecule has 0 bridgehead atoms. The fraction of sp³-hybridized carbons (Fsp3) is 0.333. The number of amides is 2. The van der Waals surface area contributed by atoms with Crippen LogP contribution < -0.4 is 10.1 Å². The van der Waals surface area contributed by atoms with Crippen LogP contribution in [0.15, 0.2) is 42.5 Å². The van der Waals surface area contributed by atoms with Crippen molar-refractivity contribution in [3.05, 3.63) is 58.6 Å². The van der Waals surface area contributed by atoms with Crippen molar-refractivity contribution in [3.8, 4) is 5.75 Å². The predicted octanol–water partition coefficient (Wildman–Crippen LogP) is 3.85. The van der Waals surface area contributed by atoms with Crippen LogP contribution in [-0.2, 0) is 4.74 Å². The van der Waals surface area contributed by atoms with Gasteiger partial charge in [-0.3, -0.25) is 9.59 Å². The highest BCUT2D eigenvalue weighted by Gasteiger charge is 2.20. The maximum Gasteiger partial charge on any atom is 0.255 e. The van der Waals surface area contributed by atoms with Crippen LogP contribution >= 0.6 is 11.6 Å². The van der Waals surface area contributed by atoms with E-state index in [0.717, 1.165) is 0 Å². The molecule has 6 nitrogen and oxygen atoms in total. The van der Waals surface area contributed by atoms with E-state index in [2.05, 4.69) is 5.32 Å². The highest BCUT2D eigenvalue weighted by molar-refractivity contribution is 6.34. The maximum absolute atomic E-state index is 12.6. The Kier molecular flexibility index (Phi) is 6.54. The largest absolute Gasteiger partial charge is 0.491 e. The van der Waals surface area contributed by atoms with Gasteiger partial charge in [-0.1, -0.05) is 11.6 Å². The number of carbonyl (C=O) groups is 2. The van der Waals surface area contributed by atoms with Gasteiger partial charge in [-0.05, 0) is 56.3 Å². The number of anilines is 1. The van der Waals surface area contributed by atoms with E-state index in [-0.39, 0.29) is 17.9 Å². The average Bonchev–Trinajstić information content (AvgIpc) is 2.70. The third-order valence-electron chi connectivity index (χ3n) is 4.25. The van der Waals surface area contributed by atoms with E-state index in [1.165, 1.54) is 0 Å². The second-order valence-electron chi connectivity index (χ2n) is 6.74. The van der Waals surface area contributed by atoms with E-state index in [0.29, 0.717) is 53.9 Å². The molecule has 0 aliphatic carbocycles. The zero-order chi connectivity index (χ0) is 20.1. The molecular formula is C21H23ClN2O4. The summed E-state index contributed by atoms with van der Waals surface area (Å²) in [7, 11) is 0. The first-order valence-electron chi connectivity index (χ1n) is 9.18.